The zero-order chi connectivity index (χ0) is 32.4. The van der Waals surface area contributed by atoms with Gasteiger partial charge < -0.3 is 10.6 Å². The highest BCUT2D eigenvalue weighted by Gasteiger charge is 2.42. The van der Waals surface area contributed by atoms with Crippen LogP contribution in [0.2, 0.25) is 0 Å². The second-order valence-corrected chi connectivity index (χ2v) is 13.1. The minimum absolute atomic E-state index is 0. The Balaban J connectivity index is 0.00000312. The van der Waals surface area contributed by atoms with Crippen molar-refractivity contribution < 1.29 is 22.1 Å². The van der Waals surface area contributed by atoms with Crippen LogP contribution in [0.25, 0.3) is 0 Å². The highest BCUT2D eigenvalue weighted by atomic mass is 16.7. The average Bonchev–Trinajstić information content (AvgIpc) is 3.05. The van der Waals surface area contributed by atoms with Crippen molar-refractivity contribution in [2.75, 3.05) is 6.54 Å². The maximum atomic E-state index is 13.0. The molecule has 242 valence electrons. The largest absolute Gasteiger partial charge is 0.433 e. The van der Waals surface area contributed by atoms with Gasteiger partial charge in [-0.2, -0.15) is 0 Å². The first kappa shape index (κ1) is 32.4. The van der Waals surface area contributed by atoms with E-state index in [1.165, 1.54) is 0 Å². The number of hydrogen-bond donors (Lipinski definition) is 2. The van der Waals surface area contributed by atoms with Crippen molar-refractivity contribution in [1.82, 2.24) is 10.6 Å². The Morgan fingerprint density at radius 2 is 1.30 bits per heavy atom. The fourth-order valence-electron chi connectivity index (χ4n) is 6.68. The highest BCUT2D eigenvalue weighted by Crippen LogP contribution is 2.45. The molecule has 2 unspecified atom stereocenters. The van der Waals surface area contributed by atoms with E-state index in [1.54, 1.807) is 0 Å². The molecule has 8 nitrogen and oxygen atoms in total. The number of nitrogens with zero attached hydrogens (tertiary/aromatic N) is 2. The van der Waals surface area contributed by atoms with Gasteiger partial charge in [0.05, 0.1) is 0 Å². The summed E-state index contributed by atoms with van der Waals surface area (Å²) in [6.07, 6.45) is 9.13. The number of amides is 2. The van der Waals surface area contributed by atoms with E-state index in [-0.39, 0.29) is 19.7 Å². The molecule has 3 aromatic rings. The van der Waals surface area contributed by atoms with Gasteiger partial charge in [0.1, 0.15) is 11.4 Å². The fourth-order valence-corrected chi connectivity index (χ4v) is 6.68. The maximum absolute atomic E-state index is 13.0. The van der Waals surface area contributed by atoms with Gasteiger partial charge in [0, 0.05) is 32.1 Å². The first-order valence-corrected chi connectivity index (χ1v) is 15.8. The van der Waals surface area contributed by atoms with E-state index in [1.807, 2.05) is 97.1 Å². The van der Waals surface area contributed by atoms with E-state index in [0.29, 0.717) is 24.4 Å². The van der Waals surface area contributed by atoms with Crippen LogP contribution in [0.15, 0.2) is 125 Å². The molecule has 8 heteroatoms. The predicted molar refractivity (Wildman–Crippen MR) is 186 cm³/mol. The zero-order valence-electron chi connectivity index (χ0n) is 26.7. The summed E-state index contributed by atoms with van der Waals surface area (Å²) in [7, 11) is 0. The topological polar surface area (TPSA) is 101 Å². The minimum atomic E-state index is -0.619. The van der Waals surface area contributed by atoms with Crippen LogP contribution in [0.5, 0.6) is 0 Å². The zero-order valence-corrected chi connectivity index (χ0v) is 26.7. The molecular formula is C38H46N4O4. The predicted octanol–water partition coefficient (Wildman–Crippen LogP) is 8.65. The maximum Gasteiger partial charge on any atom is 0.433 e. The number of nitrogens with one attached hydrogen (secondary N) is 2. The summed E-state index contributed by atoms with van der Waals surface area (Å²) in [4.78, 5) is 36.7. The van der Waals surface area contributed by atoms with Gasteiger partial charge in [-0.15, -0.1) is 0 Å². The number of benzene rings is 3. The van der Waals surface area contributed by atoms with Crippen molar-refractivity contribution in [1.29, 1.82) is 0 Å². The van der Waals surface area contributed by atoms with Crippen molar-refractivity contribution in [2.45, 2.75) is 58.9 Å². The van der Waals surface area contributed by atoms with Crippen LogP contribution >= 0.6 is 0 Å². The molecule has 0 heterocycles. The first-order valence-electron chi connectivity index (χ1n) is 15.8. The van der Waals surface area contributed by atoms with Crippen LogP contribution in [-0.2, 0) is 9.68 Å². The number of oxime groups is 2. The molecule has 2 aliphatic rings. The molecule has 0 aliphatic heterocycles. The van der Waals surface area contributed by atoms with Gasteiger partial charge in [0.25, 0.3) is 0 Å². The summed E-state index contributed by atoms with van der Waals surface area (Å²) < 4.78 is 0. The van der Waals surface area contributed by atoms with Crippen molar-refractivity contribution in [3.05, 3.63) is 131 Å². The lowest BCUT2D eigenvalue weighted by molar-refractivity contribution is 0.0630. The summed E-state index contributed by atoms with van der Waals surface area (Å²) in [5, 5.41) is 14.5. The smallest absolute Gasteiger partial charge is 0.319 e. The van der Waals surface area contributed by atoms with Crippen LogP contribution in [0, 0.1) is 10.8 Å². The standard InChI is InChI=1S/C38H42N4O4.2H2/c1-37(2)24-32(40-36(44)46-42-34(30-20-12-6-13-21-30)31-22-14-7-15-23-31)25-38(3,26-37)27-39-35(43)45-41-33(28-16-8-4-9-17-28)29-18-10-5-11-19-29;;/h4,6-10,12-23,32H,5,11,24-27H2,1-3H3,(H,39,43)(H,40,44);2*1H/b41-33+;;. The van der Waals surface area contributed by atoms with Gasteiger partial charge in [-0.1, -0.05) is 140 Å². The third-order valence-corrected chi connectivity index (χ3v) is 8.27. The Morgan fingerprint density at radius 3 is 1.87 bits per heavy atom. The summed E-state index contributed by atoms with van der Waals surface area (Å²) in [6, 6.07) is 28.8. The van der Waals surface area contributed by atoms with Crippen LogP contribution in [-0.4, -0.2) is 36.2 Å². The molecule has 3 aromatic carbocycles. The molecular weight excluding hydrogens is 576 g/mol. The number of hydrogen-bond acceptors (Lipinski definition) is 6. The van der Waals surface area contributed by atoms with Crippen LogP contribution in [0.3, 0.4) is 0 Å². The van der Waals surface area contributed by atoms with E-state index < -0.39 is 12.2 Å². The van der Waals surface area contributed by atoms with Crippen LogP contribution in [0.4, 0.5) is 9.59 Å². The molecule has 0 spiro atoms. The van der Waals surface area contributed by atoms with E-state index in [4.69, 9.17) is 9.68 Å². The Hall–Kier alpha value is -4.98. The van der Waals surface area contributed by atoms with E-state index in [9.17, 15) is 9.59 Å². The van der Waals surface area contributed by atoms with Crippen LogP contribution in [0.1, 0.15) is 72.4 Å². The van der Waals surface area contributed by atoms with Gasteiger partial charge in [0.15, 0.2) is 0 Å². The molecule has 2 atom stereocenters. The van der Waals surface area contributed by atoms with E-state index >= 15 is 0 Å². The molecule has 1 saturated carbocycles. The SMILES string of the molecule is CC1(C)CC(NC(=O)ON=C(c2ccccc2)c2ccccc2)CC(C)(CNC(=O)O/N=C(/C2=CCCC=C2)c2ccccc2)C1.[HH].[HH]. The van der Waals surface area contributed by atoms with Crippen molar-refractivity contribution in [2.24, 2.45) is 21.1 Å². The summed E-state index contributed by atoms with van der Waals surface area (Å²) in [5.74, 6) is 0. The number of allylic oxidation sites excluding steroid dienone is 4. The molecule has 0 radical (unpaired) electrons. The molecule has 0 aromatic heterocycles. The molecule has 46 heavy (non-hydrogen) atoms. The van der Waals surface area contributed by atoms with Gasteiger partial charge in [-0.3, -0.25) is 9.68 Å². The lowest BCUT2D eigenvalue weighted by Crippen LogP contribution is -2.50. The summed E-state index contributed by atoms with van der Waals surface area (Å²) in [6.45, 7) is 6.83. The molecule has 0 saturated heterocycles. The number of carbonyl (C=O) groups is 2. The lowest BCUT2D eigenvalue weighted by atomic mass is 9.62. The van der Waals surface area contributed by atoms with Crippen molar-refractivity contribution >= 4 is 23.6 Å². The first-order chi connectivity index (χ1) is 22.2. The Labute approximate surface area is 274 Å². The molecule has 2 N–H and O–H groups in total. The van der Waals surface area contributed by atoms with E-state index in [2.05, 4.69) is 53.9 Å². The highest BCUT2D eigenvalue weighted by molar-refractivity contribution is 6.14. The second kappa shape index (κ2) is 14.9. The van der Waals surface area contributed by atoms with Gasteiger partial charge in [-0.05, 0) is 48.5 Å². The monoisotopic (exact) mass is 622 g/mol. The molecule has 5 rings (SSSR count). The van der Waals surface area contributed by atoms with Crippen molar-refractivity contribution in [3.8, 4) is 0 Å². The molecule has 0 bridgehead atoms. The minimum Gasteiger partial charge on any atom is -0.319 e. The number of rotatable bonds is 9. The summed E-state index contributed by atoms with van der Waals surface area (Å²) >= 11 is 0. The van der Waals surface area contributed by atoms with Crippen molar-refractivity contribution in [3.63, 3.8) is 0 Å². The third-order valence-electron chi connectivity index (χ3n) is 8.27. The Kier molecular flexibility index (Phi) is 10.5. The average molecular weight is 623 g/mol. The Morgan fingerprint density at radius 1 is 0.761 bits per heavy atom. The molecule has 2 amide bonds. The Bertz CT molecular complexity index is 1580. The number of carbonyl (C=O) groups excluding carboxylic acids is 2. The van der Waals surface area contributed by atoms with E-state index in [0.717, 1.165) is 47.9 Å². The second-order valence-electron chi connectivity index (χ2n) is 13.1. The van der Waals surface area contributed by atoms with Gasteiger partial charge in [0.2, 0.25) is 0 Å². The normalized spacial score (nSPS) is 20.5. The summed E-state index contributed by atoms with van der Waals surface area (Å²) in [5.41, 5.74) is 4.29. The molecule has 2 aliphatic carbocycles. The molecule has 1 fully saturated rings. The fraction of sp³-hybridized carbons (Fsp3) is 0.316. The van der Waals surface area contributed by atoms with Crippen LogP contribution < -0.4 is 10.6 Å². The van der Waals surface area contributed by atoms with Gasteiger partial charge >= 0.3 is 12.2 Å². The third kappa shape index (κ3) is 9.03. The lowest BCUT2D eigenvalue weighted by Gasteiger charge is -2.46. The quantitative estimate of drug-likeness (QED) is 0.142. The van der Waals surface area contributed by atoms with Gasteiger partial charge in [-0.25, -0.2) is 9.59 Å².